The van der Waals surface area contributed by atoms with Gasteiger partial charge in [-0.25, -0.2) is 14.3 Å². The van der Waals surface area contributed by atoms with Crippen LogP contribution in [-0.4, -0.2) is 61.3 Å². The highest BCUT2D eigenvalue weighted by atomic mass is 35.5. The molecule has 1 N–H and O–H groups in total. The van der Waals surface area contributed by atoms with Crippen LogP contribution in [0, 0.1) is 5.41 Å². The monoisotopic (exact) mass is 475 g/mol. The van der Waals surface area contributed by atoms with Gasteiger partial charge >= 0.3 is 0 Å². The molecule has 10 nitrogen and oxygen atoms in total. The molecule has 1 aromatic carbocycles. The minimum absolute atomic E-state index is 0.288. The number of hydrogen-bond acceptors (Lipinski definition) is 7. The fourth-order valence-electron chi connectivity index (χ4n) is 4.37. The molecule has 0 spiro atoms. The lowest BCUT2D eigenvalue weighted by molar-refractivity contribution is -0.964. The van der Waals surface area contributed by atoms with Crippen molar-refractivity contribution >= 4 is 11.6 Å². The van der Waals surface area contributed by atoms with Crippen LogP contribution in [-0.2, 0) is 10.3 Å². The number of quaternary nitrogens is 1. The third-order valence-electron chi connectivity index (χ3n) is 6.22. The maximum Gasteiger partial charge on any atom is 0.215 e. The lowest BCUT2D eigenvalue weighted by Gasteiger charge is -2.40. The Morgan fingerprint density at radius 3 is 2.39 bits per heavy atom. The van der Waals surface area contributed by atoms with Gasteiger partial charge in [0, 0.05) is 5.02 Å². The predicted molar refractivity (Wildman–Crippen MR) is 122 cm³/mol. The van der Waals surface area contributed by atoms with Gasteiger partial charge in [0.05, 0.1) is 13.2 Å². The van der Waals surface area contributed by atoms with Crippen molar-refractivity contribution in [3.63, 3.8) is 0 Å². The molecular formula is C22H32ClN8O2+. The third-order valence-corrected chi connectivity index (χ3v) is 6.47. The van der Waals surface area contributed by atoms with Gasteiger partial charge in [0.25, 0.3) is 0 Å². The topological polar surface area (TPSA) is 97.2 Å². The number of nitrogens with zero attached hydrogens (tertiary/aromatic N) is 7. The molecule has 33 heavy (non-hydrogen) atoms. The molecule has 1 aliphatic rings. The van der Waals surface area contributed by atoms with Gasteiger partial charge < -0.3 is 14.4 Å². The second kappa shape index (κ2) is 9.36. The summed E-state index contributed by atoms with van der Waals surface area (Å²) in [4.78, 5) is 5.54. The smallest absolute Gasteiger partial charge is 0.215 e. The largest absolute Gasteiger partial charge is 0.466 e. The molecular weight excluding hydrogens is 444 g/mol. The molecule has 0 radical (unpaired) electrons. The van der Waals surface area contributed by atoms with Crippen LogP contribution in [0.15, 0.2) is 36.9 Å². The second-order valence-corrected chi connectivity index (χ2v) is 10.4. The zero-order chi connectivity index (χ0) is 23.6. The quantitative estimate of drug-likeness (QED) is 0.557. The molecule has 1 saturated heterocycles. The van der Waals surface area contributed by atoms with Crippen LogP contribution in [0.25, 0.3) is 0 Å². The zero-order valence-electron chi connectivity index (χ0n) is 19.8. The van der Waals surface area contributed by atoms with E-state index in [0.717, 1.165) is 32.1 Å². The summed E-state index contributed by atoms with van der Waals surface area (Å²) in [5, 5.41) is 18.1. The Morgan fingerprint density at radius 1 is 1.09 bits per heavy atom. The highest BCUT2D eigenvalue weighted by Crippen LogP contribution is 2.41. The number of tetrazole rings is 1. The molecule has 2 aromatic heterocycles. The highest BCUT2D eigenvalue weighted by molar-refractivity contribution is 6.30. The Morgan fingerprint density at radius 2 is 1.79 bits per heavy atom. The minimum Gasteiger partial charge on any atom is -0.466 e. The number of aromatic nitrogens is 7. The lowest BCUT2D eigenvalue weighted by atomic mass is 9.85. The molecule has 2 atom stereocenters. The standard InChI is InChI=1S/C22H31ClN8O2/c1-21(2,3)18(19(30-15-24-14-25-30)33-17-8-6-16(23)7-9-17)31-20(26-27-28-31)22(4,5)29-10-12-32-13-11-29/h6-9,14-15,18-19H,10-13H2,1-5H3/p+1/t18-,19+/m0/s1. The van der Waals surface area contributed by atoms with Crippen molar-refractivity contribution in [3.05, 3.63) is 47.8 Å². The first-order valence-corrected chi connectivity index (χ1v) is 11.5. The number of morpholine rings is 1. The Balaban J connectivity index is 1.77. The van der Waals surface area contributed by atoms with E-state index in [4.69, 9.17) is 21.1 Å². The van der Waals surface area contributed by atoms with Gasteiger partial charge in [0.1, 0.15) is 37.5 Å². The summed E-state index contributed by atoms with van der Waals surface area (Å²) in [7, 11) is 0. The number of halogens is 1. The summed E-state index contributed by atoms with van der Waals surface area (Å²) >= 11 is 6.08. The van der Waals surface area contributed by atoms with Crippen LogP contribution in [0.5, 0.6) is 5.75 Å². The first-order valence-electron chi connectivity index (χ1n) is 11.2. The average Bonchev–Trinajstić information content (AvgIpc) is 3.47. The summed E-state index contributed by atoms with van der Waals surface area (Å²) in [5.74, 6) is 1.46. The van der Waals surface area contributed by atoms with Gasteiger partial charge in [-0.15, -0.1) is 5.10 Å². The number of nitrogens with one attached hydrogen (secondary N) is 1. The lowest BCUT2D eigenvalue weighted by Crippen LogP contribution is -3.19. The van der Waals surface area contributed by atoms with E-state index < -0.39 is 6.23 Å². The van der Waals surface area contributed by atoms with E-state index >= 15 is 0 Å². The molecule has 4 rings (SSSR count). The van der Waals surface area contributed by atoms with E-state index in [1.54, 1.807) is 23.1 Å². The molecule has 1 aliphatic heterocycles. The van der Waals surface area contributed by atoms with E-state index in [2.05, 4.69) is 60.2 Å². The Labute approximate surface area is 198 Å². The Bertz CT molecular complexity index is 1020. The van der Waals surface area contributed by atoms with E-state index in [9.17, 15) is 0 Å². The van der Waals surface area contributed by atoms with Crippen LogP contribution in [0.4, 0.5) is 0 Å². The van der Waals surface area contributed by atoms with Gasteiger partial charge in [-0.2, -0.15) is 5.10 Å². The summed E-state index contributed by atoms with van der Waals surface area (Å²) in [5.41, 5.74) is -0.617. The molecule has 0 saturated carbocycles. The molecule has 178 valence electrons. The van der Waals surface area contributed by atoms with Crippen molar-refractivity contribution in [1.29, 1.82) is 0 Å². The Hall–Kier alpha value is -2.56. The maximum atomic E-state index is 6.50. The molecule has 0 amide bonds. The first-order chi connectivity index (χ1) is 15.7. The SMILES string of the molecule is CC(C)(C)[C@H]([C@@H](Oc1ccc(Cl)cc1)n1cncn1)n1nnnc1C(C)(C)[NH+]1CCOCC1. The fourth-order valence-corrected chi connectivity index (χ4v) is 4.50. The van der Waals surface area contributed by atoms with Crippen LogP contribution in [0.2, 0.25) is 5.02 Å². The van der Waals surface area contributed by atoms with Crippen LogP contribution >= 0.6 is 11.6 Å². The van der Waals surface area contributed by atoms with Crippen molar-refractivity contribution in [2.75, 3.05) is 26.3 Å². The van der Waals surface area contributed by atoms with Crippen molar-refractivity contribution in [2.24, 2.45) is 5.41 Å². The molecule has 3 heterocycles. The van der Waals surface area contributed by atoms with Crippen molar-refractivity contribution in [1.82, 2.24) is 35.0 Å². The number of benzene rings is 1. The summed E-state index contributed by atoms with van der Waals surface area (Å²) < 4.78 is 15.7. The summed E-state index contributed by atoms with van der Waals surface area (Å²) in [6.45, 7) is 14.0. The highest BCUT2D eigenvalue weighted by Gasteiger charge is 2.45. The van der Waals surface area contributed by atoms with E-state index in [-0.39, 0.29) is 17.0 Å². The zero-order valence-corrected chi connectivity index (χ0v) is 20.5. The summed E-state index contributed by atoms with van der Waals surface area (Å²) in [6, 6.07) is 6.99. The fraction of sp³-hybridized carbons (Fsp3) is 0.591. The van der Waals surface area contributed by atoms with Crippen LogP contribution in [0.3, 0.4) is 0 Å². The average molecular weight is 476 g/mol. The van der Waals surface area contributed by atoms with Gasteiger partial charge in [-0.1, -0.05) is 32.4 Å². The molecule has 0 bridgehead atoms. The molecule has 1 fully saturated rings. The minimum atomic E-state index is -0.550. The molecule has 3 aromatic rings. The molecule has 11 heteroatoms. The van der Waals surface area contributed by atoms with Crippen LogP contribution in [0.1, 0.15) is 52.7 Å². The van der Waals surface area contributed by atoms with E-state index in [0.29, 0.717) is 10.8 Å². The normalized spacial score (nSPS) is 17.6. The number of rotatable bonds is 7. The third kappa shape index (κ3) is 5.02. The molecule has 0 unspecified atom stereocenters. The number of ether oxygens (including phenoxy) is 2. The van der Waals surface area contributed by atoms with Gasteiger partial charge in [0.2, 0.25) is 12.1 Å². The van der Waals surface area contributed by atoms with Gasteiger partial charge in [-0.3, -0.25) is 0 Å². The molecule has 0 aliphatic carbocycles. The summed E-state index contributed by atoms with van der Waals surface area (Å²) in [6.07, 6.45) is 2.61. The van der Waals surface area contributed by atoms with Crippen LogP contribution < -0.4 is 9.64 Å². The van der Waals surface area contributed by atoms with E-state index in [1.165, 1.54) is 11.2 Å². The van der Waals surface area contributed by atoms with Gasteiger partial charge in [0.15, 0.2) is 5.54 Å². The van der Waals surface area contributed by atoms with Crippen molar-refractivity contribution < 1.29 is 14.4 Å². The van der Waals surface area contributed by atoms with Crippen molar-refractivity contribution in [3.8, 4) is 5.75 Å². The predicted octanol–water partition coefficient (Wildman–Crippen LogP) is 1.93. The Kier molecular flexibility index (Phi) is 6.69. The second-order valence-electron chi connectivity index (χ2n) is 9.94. The van der Waals surface area contributed by atoms with Gasteiger partial charge in [-0.05, 0) is 54.0 Å². The first kappa shape index (κ1) is 23.6. The van der Waals surface area contributed by atoms with E-state index in [1.807, 2.05) is 16.8 Å². The van der Waals surface area contributed by atoms with Crippen molar-refractivity contribution in [2.45, 2.75) is 52.4 Å². The maximum absolute atomic E-state index is 6.50. The number of hydrogen-bond donors (Lipinski definition) is 1.